The summed E-state index contributed by atoms with van der Waals surface area (Å²) in [5, 5.41) is 2.28. The summed E-state index contributed by atoms with van der Waals surface area (Å²) in [6, 6.07) is 14.2. The van der Waals surface area contributed by atoms with Crippen molar-refractivity contribution in [1.82, 2.24) is 9.97 Å². The Labute approximate surface area is 104 Å². The Hall–Kier alpha value is -2.62. The molecule has 0 spiro atoms. The third-order valence-corrected chi connectivity index (χ3v) is 2.92. The van der Waals surface area contributed by atoms with Crippen LogP contribution in [0.2, 0.25) is 0 Å². The van der Waals surface area contributed by atoms with Crippen molar-refractivity contribution in [2.24, 2.45) is 0 Å². The molecule has 0 saturated heterocycles. The summed E-state index contributed by atoms with van der Waals surface area (Å²) >= 11 is 0. The number of hydrogen-bond donors (Lipinski definition) is 2. The van der Waals surface area contributed by atoms with E-state index in [0.717, 1.165) is 21.9 Å². The fourth-order valence-electron chi connectivity index (χ4n) is 2.08. The Kier molecular flexibility index (Phi) is 2.34. The molecule has 1 aromatic heterocycles. The molecule has 3 rings (SSSR count). The molecule has 0 bridgehead atoms. The second-order valence-electron chi connectivity index (χ2n) is 4.05. The van der Waals surface area contributed by atoms with Crippen molar-refractivity contribution < 1.29 is 0 Å². The molecule has 1 heterocycles. The van der Waals surface area contributed by atoms with Crippen LogP contribution in [-0.2, 0) is 0 Å². The highest BCUT2D eigenvalue weighted by Crippen LogP contribution is 2.31. The molecular weight excluding hydrogens is 224 g/mol. The lowest BCUT2D eigenvalue weighted by atomic mass is 10.00. The SMILES string of the molecule is Nc1ncc(-c2cccc3ccccc23)c(N)n1. The second-order valence-corrected chi connectivity index (χ2v) is 4.05. The number of nitrogens with two attached hydrogens (primary N) is 2. The Morgan fingerprint density at radius 2 is 1.61 bits per heavy atom. The van der Waals surface area contributed by atoms with Gasteiger partial charge in [0.25, 0.3) is 0 Å². The quantitative estimate of drug-likeness (QED) is 0.680. The summed E-state index contributed by atoms with van der Waals surface area (Å²) in [5.41, 5.74) is 13.3. The lowest BCUT2D eigenvalue weighted by molar-refractivity contribution is 1.20. The van der Waals surface area contributed by atoms with Gasteiger partial charge in [-0.25, -0.2) is 4.98 Å². The number of anilines is 2. The van der Waals surface area contributed by atoms with Crippen molar-refractivity contribution in [2.75, 3.05) is 11.5 Å². The average Bonchev–Trinajstić information content (AvgIpc) is 2.38. The average molecular weight is 236 g/mol. The first-order valence-corrected chi connectivity index (χ1v) is 5.62. The predicted octanol–water partition coefficient (Wildman–Crippen LogP) is 2.46. The summed E-state index contributed by atoms with van der Waals surface area (Å²) in [7, 11) is 0. The van der Waals surface area contributed by atoms with Crippen LogP contribution in [0.15, 0.2) is 48.7 Å². The highest BCUT2D eigenvalue weighted by molar-refractivity contribution is 5.98. The zero-order valence-corrected chi connectivity index (χ0v) is 9.67. The van der Waals surface area contributed by atoms with Crippen molar-refractivity contribution >= 4 is 22.5 Å². The molecule has 0 aliphatic carbocycles. The van der Waals surface area contributed by atoms with E-state index < -0.39 is 0 Å². The van der Waals surface area contributed by atoms with E-state index in [4.69, 9.17) is 11.5 Å². The molecule has 4 heteroatoms. The van der Waals surface area contributed by atoms with Gasteiger partial charge in [-0.2, -0.15) is 4.98 Å². The number of aromatic nitrogens is 2. The number of nitrogen functional groups attached to an aromatic ring is 2. The first-order chi connectivity index (χ1) is 8.75. The number of rotatable bonds is 1. The Morgan fingerprint density at radius 3 is 2.44 bits per heavy atom. The van der Waals surface area contributed by atoms with Gasteiger partial charge in [-0.05, 0) is 16.3 Å². The van der Waals surface area contributed by atoms with Crippen LogP contribution in [-0.4, -0.2) is 9.97 Å². The number of hydrogen-bond acceptors (Lipinski definition) is 4. The van der Waals surface area contributed by atoms with Crippen molar-refractivity contribution in [3.8, 4) is 11.1 Å². The summed E-state index contributed by atoms with van der Waals surface area (Å²) < 4.78 is 0. The van der Waals surface area contributed by atoms with Gasteiger partial charge in [-0.15, -0.1) is 0 Å². The Bertz CT molecular complexity index is 717. The molecule has 0 aliphatic rings. The molecule has 2 aromatic carbocycles. The van der Waals surface area contributed by atoms with Gasteiger partial charge in [0.2, 0.25) is 5.95 Å². The maximum atomic E-state index is 5.91. The van der Waals surface area contributed by atoms with E-state index in [1.54, 1.807) is 6.20 Å². The third-order valence-electron chi connectivity index (χ3n) is 2.92. The topological polar surface area (TPSA) is 77.8 Å². The molecule has 0 amide bonds. The smallest absolute Gasteiger partial charge is 0.221 e. The lowest BCUT2D eigenvalue weighted by Crippen LogP contribution is -2.01. The van der Waals surface area contributed by atoms with E-state index in [2.05, 4.69) is 28.2 Å². The predicted molar refractivity (Wildman–Crippen MR) is 73.8 cm³/mol. The number of nitrogens with zero attached hydrogens (tertiary/aromatic N) is 2. The molecule has 0 atom stereocenters. The summed E-state index contributed by atoms with van der Waals surface area (Å²) in [4.78, 5) is 8.01. The van der Waals surface area contributed by atoms with Crippen LogP contribution in [0.4, 0.5) is 11.8 Å². The molecular formula is C14H12N4. The van der Waals surface area contributed by atoms with E-state index in [1.807, 2.05) is 24.3 Å². The van der Waals surface area contributed by atoms with E-state index in [-0.39, 0.29) is 5.95 Å². The molecule has 0 radical (unpaired) electrons. The molecule has 0 saturated carbocycles. The van der Waals surface area contributed by atoms with Gasteiger partial charge in [-0.3, -0.25) is 0 Å². The maximum Gasteiger partial charge on any atom is 0.221 e. The highest BCUT2D eigenvalue weighted by atomic mass is 15.0. The minimum Gasteiger partial charge on any atom is -0.383 e. The van der Waals surface area contributed by atoms with Crippen LogP contribution in [0.3, 0.4) is 0 Å². The largest absolute Gasteiger partial charge is 0.383 e. The monoisotopic (exact) mass is 236 g/mol. The molecule has 4 N–H and O–H groups in total. The van der Waals surface area contributed by atoms with Gasteiger partial charge >= 0.3 is 0 Å². The normalized spacial score (nSPS) is 10.7. The molecule has 0 aliphatic heterocycles. The van der Waals surface area contributed by atoms with Gasteiger partial charge in [-0.1, -0.05) is 42.5 Å². The van der Waals surface area contributed by atoms with Gasteiger partial charge in [0.05, 0.1) is 0 Å². The highest BCUT2D eigenvalue weighted by Gasteiger charge is 2.08. The fraction of sp³-hybridized carbons (Fsp3) is 0. The van der Waals surface area contributed by atoms with E-state index in [0.29, 0.717) is 5.82 Å². The van der Waals surface area contributed by atoms with Crippen molar-refractivity contribution in [1.29, 1.82) is 0 Å². The first-order valence-electron chi connectivity index (χ1n) is 5.62. The van der Waals surface area contributed by atoms with Crippen LogP contribution in [0.1, 0.15) is 0 Å². The standard InChI is InChI=1S/C14H12N4/c15-13-12(8-17-14(16)18-13)11-7-3-5-9-4-1-2-6-10(9)11/h1-8H,(H4,15,16,17,18). The Morgan fingerprint density at radius 1 is 0.833 bits per heavy atom. The second kappa shape index (κ2) is 4.00. The number of fused-ring (bicyclic) bond motifs is 1. The van der Waals surface area contributed by atoms with E-state index in [9.17, 15) is 0 Å². The van der Waals surface area contributed by atoms with Gasteiger partial charge < -0.3 is 11.5 Å². The van der Waals surface area contributed by atoms with Gasteiger partial charge in [0.1, 0.15) is 5.82 Å². The third kappa shape index (κ3) is 1.64. The molecule has 88 valence electrons. The molecule has 18 heavy (non-hydrogen) atoms. The molecule has 0 fully saturated rings. The summed E-state index contributed by atoms with van der Waals surface area (Å²) in [5.74, 6) is 0.593. The Balaban J connectivity index is 2.31. The fourth-order valence-corrected chi connectivity index (χ4v) is 2.08. The van der Waals surface area contributed by atoms with Crippen LogP contribution >= 0.6 is 0 Å². The zero-order valence-electron chi connectivity index (χ0n) is 9.67. The molecule has 0 unspecified atom stereocenters. The maximum absolute atomic E-state index is 5.91. The van der Waals surface area contributed by atoms with E-state index >= 15 is 0 Å². The van der Waals surface area contributed by atoms with Crippen molar-refractivity contribution in [2.45, 2.75) is 0 Å². The molecule has 3 aromatic rings. The zero-order chi connectivity index (χ0) is 12.5. The van der Waals surface area contributed by atoms with Crippen LogP contribution in [0, 0.1) is 0 Å². The molecule has 4 nitrogen and oxygen atoms in total. The first kappa shape index (κ1) is 10.5. The van der Waals surface area contributed by atoms with Gasteiger partial charge in [0.15, 0.2) is 0 Å². The minimum absolute atomic E-state index is 0.191. The van der Waals surface area contributed by atoms with E-state index in [1.165, 1.54) is 0 Å². The summed E-state index contributed by atoms with van der Waals surface area (Å²) in [6.07, 6.45) is 1.67. The number of benzene rings is 2. The van der Waals surface area contributed by atoms with Gasteiger partial charge in [0, 0.05) is 11.8 Å². The van der Waals surface area contributed by atoms with Crippen LogP contribution < -0.4 is 11.5 Å². The summed E-state index contributed by atoms with van der Waals surface area (Å²) in [6.45, 7) is 0. The van der Waals surface area contributed by atoms with Crippen molar-refractivity contribution in [3.63, 3.8) is 0 Å². The van der Waals surface area contributed by atoms with Crippen LogP contribution in [0.25, 0.3) is 21.9 Å². The lowest BCUT2D eigenvalue weighted by Gasteiger charge is -2.08. The van der Waals surface area contributed by atoms with Crippen LogP contribution in [0.5, 0.6) is 0 Å². The minimum atomic E-state index is 0.191. The van der Waals surface area contributed by atoms with Crippen molar-refractivity contribution in [3.05, 3.63) is 48.7 Å².